The minimum atomic E-state index is -0.127. The second kappa shape index (κ2) is 7.21. The molecule has 0 spiro atoms. The van der Waals surface area contributed by atoms with Gasteiger partial charge >= 0.3 is 0 Å². The van der Waals surface area contributed by atoms with E-state index in [1.807, 2.05) is 6.07 Å². The van der Waals surface area contributed by atoms with Crippen LogP contribution in [-0.2, 0) is 16.1 Å². The van der Waals surface area contributed by atoms with E-state index < -0.39 is 0 Å². The van der Waals surface area contributed by atoms with Crippen LogP contribution in [0.5, 0.6) is 5.75 Å². The summed E-state index contributed by atoms with van der Waals surface area (Å²) in [5.41, 5.74) is 8.76. The maximum Gasteiger partial charge on any atom is 0.247 e. The predicted octanol–water partition coefficient (Wildman–Crippen LogP) is 1.30. The highest BCUT2D eigenvalue weighted by Crippen LogP contribution is 2.30. The molecule has 0 radical (unpaired) electrons. The fraction of sp³-hybridized carbons (Fsp3) is 0.471. The van der Waals surface area contributed by atoms with E-state index in [1.165, 1.54) is 18.2 Å². The van der Waals surface area contributed by atoms with Crippen molar-refractivity contribution >= 4 is 16.8 Å². The lowest BCUT2D eigenvalue weighted by Crippen LogP contribution is -2.45. The molecule has 130 valence electrons. The zero-order valence-electron chi connectivity index (χ0n) is 14.3. The number of benzene rings is 1. The number of hydrogen-bond donors (Lipinski definition) is 3. The van der Waals surface area contributed by atoms with Crippen molar-refractivity contribution in [2.75, 3.05) is 20.8 Å². The van der Waals surface area contributed by atoms with Gasteiger partial charge in [-0.3, -0.25) is 4.79 Å². The zero-order chi connectivity index (χ0) is 17.1. The molecule has 2 heterocycles. The Kier molecular flexibility index (Phi) is 5.03. The lowest BCUT2D eigenvalue weighted by Gasteiger charge is -2.14. The van der Waals surface area contributed by atoms with Crippen molar-refractivity contribution in [2.45, 2.75) is 32.1 Å². The van der Waals surface area contributed by atoms with Crippen molar-refractivity contribution in [1.82, 2.24) is 20.7 Å². The quantitative estimate of drug-likeness (QED) is 0.743. The van der Waals surface area contributed by atoms with Crippen LogP contribution < -0.4 is 20.9 Å². The number of rotatable bonds is 6. The second-order valence-electron chi connectivity index (χ2n) is 5.87. The fourth-order valence-corrected chi connectivity index (χ4v) is 3.24. The van der Waals surface area contributed by atoms with Crippen molar-refractivity contribution in [3.8, 4) is 5.75 Å². The lowest BCUT2D eigenvalue weighted by molar-refractivity contribution is -0.125. The van der Waals surface area contributed by atoms with E-state index in [0.717, 1.165) is 24.2 Å². The third-order valence-corrected chi connectivity index (χ3v) is 4.33. The zero-order valence-corrected chi connectivity index (χ0v) is 14.3. The normalized spacial score (nSPS) is 20.5. The first-order valence-corrected chi connectivity index (χ1v) is 8.12. The number of ether oxygens (including phenoxy) is 2. The van der Waals surface area contributed by atoms with Gasteiger partial charge in [-0.15, -0.1) is 0 Å². The van der Waals surface area contributed by atoms with Crippen LogP contribution in [0.3, 0.4) is 0 Å². The van der Waals surface area contributed by atoms with Gasteiger partial charge in [-0.2, -0.15) is 0 Å². The SMILES string of the molecule is CCn1c(C2CC(NC(=O)COC)NN2)cc2ccc(OC)cc21. The Balaban J connectivity index is 1.81. The molecule has 3 rings (SSSR count). The maximum absolute atomic E-state index is 11.7. The number of methoxy groups -OCH3 is 2. The monoisotopic (exact) mass is 332 g/mol. The third kappa shape index (κ3) is 3.24. The largest absolute Gasteiger partial charge is 0.497 e. The van der Waals surface area contributed by atoms with Crippen molar-refractivity contribution in [1.29, 1.82) is 0 Å². The van der Waals surface area contributed by atoms with Crippen LogP contribution in [0.15, 0.2) is 24.3 Å². The van der Waals surface area contributed by atoms with Crippen LogP contribution in [0.2, 0.25) is 0 Å². The maximum atomic E-state index is 11.7. The van der Waals surface area contributed by atoms with Crippen LogP contribution in [0.1, 0.15) is 25.1 Å². The van der Waals surface area contributed by atoms with Gasteiger partial charge in [0.15, 0.2) is 0 Å². The number of amides is 1. The number of carbonyl (C=O) groups excluding carboxylic acids is 1. The number of nitrogens with one attached hydrogen (secondary N) is 3. The van der Waals surface area contributed by atoms with E-state index in [4.69, 9.17) is 9.47 Å². The topological polar surface area (TPSA) is 76.6 Å². The van der Waals surface area contributed by atoms with E-state index >= 15 is 0 Å². The van der Waals surface area contributed by atoms with Gasteiger partial charge in [0.1, 0.15) is 12.4 Å². The number of aryl methyl sites for hydroxylation is 1. The van der Waals surface area contributed by atoms with Crippen molar-refractivity contribution < 1.29 is 14.3 Å². The summed E-state index contributed by atoms with van der Waals surface area (Å²) in [7, 11) is 3.19. The first kappa shape index (κ1) is 16.8. The Hall–Kier alpha value is -2.09. The molecule has 2 aromatic rings. The first-order valence-electron chi connectivity index (χ1n) is 8.12. The summed E-state index contributed by atoms with van der Waals surface area (Å²) in [6.07, 6.45) is 0.652. The summed E-state index contributed by atoms with van der Waals surface area (Å²) < 4.78 is 12.5. The molecule has 1 aromatic heterocycles. The van der Waals surface area contributed by atoms with E-state index in [2.05, 4.69) is 45.9 Å². The molecule has 24 heavy (non-hydrogen) atoms. The van der Waals surface area contributed by atoms with E-state index in [1.54, 1.807) is 7.11 Å². The van der Waals surface area contributed by atoms with Crippen LogP contribution in [0.4, 0.5) is 0 Å². The van der Waals surface area contributed by atoms with Gasteiger partial charge in [-0.05, 0) is 25.1 Å². The van der Waals surface area contributed by atoms with Crippen LogP contribution in [0.25, 0.3) is 10.9 Å². The summed E-state index contributed by atoms with van der Waals surface area (Å²) in [5, 5.41) is 4.08. The molecule has 1 aromatic carbocycles. The molecule has 0 bridgehead atoms. The Morgan fingerprint density at radius 1 is 1.33 bits per heavy atom. The van der Waals surface area contributed by atoms with Gasteiger partial charge in [-0.25, -0.2) is 10.9 Å². The summed E-state index contributed by atoms with van der Waals surface area (Å²) >= 11 is 0. The Bertz CT molecular complexity index is 728. The molecule has 2 unspecified atom stereocenters. The molecule has 1 fully saturated rings. The van der Waals surface area contributed by atoms with Gasteiger partial charge in [0, 0.05) is 37.2 Å². The molecule has 3 N–H and O–H groups in total. The van der Waals surface area contributed by atoms with Gasteiger partial charge < -0.3 is 19.4 Å². The smallest absolute Gasteiger partial charge is 0.247 e. The highest BCUT2D eigenvalue weighted by Gasteiger charge is 2.28. The van der Waals surface area contributed by atoms with E-state index in [-0.39, 0.29) is 24.7 Å². The first-order chi connectivity index (χ1) is 11.7. The molecule has 1 aliphatic heterocycles. The number of carbonyl (C=O) groups is 1. The molecular formula is C17H24N4O3. The van der Waals surface area contributed by atoms with Crippen molar-refractivity contribution in [3.05, 3.63) is 30.0 Å². The predicted molar refractivity (Wildman–Crippen MR) is 91.6 cm³/mol. The number of fused-ring (bicyclic) bond motifs is 1. The van der Waals surface area contributed by atoms with Gasteiger partial charge in [-0.1, -0.05) is 0 Å². The standard InChI is InChI=1S/C17H24N4O3/c1-4-21-14-8-12(24-3)6-5-11(14)7-15(21)13-9-16(20-19-13)18-17(22)10-23-2/h5-8,13,16,19-20H,4,9-10H2,1-3H3,(H,18,22). The van der Waals surface area contributed by atoms with Crippen molar-refractivity contribution in [2.24, 2.45) is 0 Å². The summed E-state index contributed by atoms with van der Waals surface area (Å²) in [6.45, 7) is 3.06. The van der Waals surface area contributed by atoms with Gasteiger partial charge in [0.05, 0.1) is 24.8 Å². The van der Waals surface area contributed by atoms with Crippen molar-refractivity contribution in [3.63, 3.8) is 0 Å². The second-order valence-corrected chi connectivity index (χ2v) is 5.87. The van der Waals surface area contributed by atoms with Gasteiger partial charge in [0.25, 0.3) is 0 Å². The molecule has 7 heteroatoms. The minimum Gasteiger partial charge on any atom is -0.497 e. The molecular weight excluding hydrogens is 308 g/mol. The van der Waals surface area contributed by atoms with Crippen LogP contribution in [-0.4, -0.2) is 37.5 Å². The molecule has 0 aliphatic carbocycles. The highest BCUT2D eigenvalue weighted by molar-refractivity contribution is 5.83. The molecule has 1 amide bonds. The van der Waals surface area contributed by atoms with E-state index in [0.29, 0.717) is 0 Å². The number of aromatic nitrogens is 1. The lowest BCUT2D eigenvalue weighted by atomic mass is 10.1. The summed E-state index contributed by atoms with van der Waals surface area (Å²) in [5.74, 6) is 0.724. The van der Waals surface area contributed by atoms with E-state index in [9.17, 15) is 4.79 Å². The molecule has 0 saturated carbocycles. The molecule has 2 atom stereocenters. The third-order valence-electron chi connectivity index (χ3n) is 4.33. The Labute approximate surface area is 141 Å². The fourth-order valence-electron chi connectivity index (χ4n) is 3.24. The molecule has 1 saturated heterocycles. The number of hydrazine groups is 1. The average Bonchev–Trinajstić information content (AvgIpc) is 3.17. The van der Waals surface area contributed by atoms with Crippen LogP contribution >= 0.6 is 0 Å². The summed E-state index contributed by atoms with van der Waals surface area (Å²) in [4.78, 5) is 11.7. The number of nitrogens with zero attached hydrogens (tertiary/aromatic N) is 1. The average molecular weight is 332 g/mol. The van der Waals surface area contributed by atoms with Crippen LogP contribution in [0, 0.1) is 0 Å². The number of hydrogen-bond acceptors (Lipinski definition) is 5. The van der Waals surface area contributed by atoms with Gasteiger partial charge in [0.2, 0.25) is 5.91 Å². The molecule has 7 nitrogen and oxygen atoms in total. The highest BCUT2D eigenvalue weighted by atomic mass is 16.5. The Morgan fingerprint density at radius 3 is 2.88 bits per heavy atom. The minimum absolute atomic E-state index is 0.0673. The molecule has 1 aliphatic rings. The Morgan fingerprint density at radius 2 is 2.17 bits per heavy atom. The summed E-state index contributed by atoms with van der Waals surface area (Å²) in [6, 6.07) is 8.42.